The van der Waals surface area contributed by atoms with E-state index in [-0.39, 0.29) is 40.5 Å². The maximum absolute atomic E-state index is 13.8. The van der Waals surface area contributed by atoms with Crippen molar-refractivity contribution in [3.63, 3.8) is 0 Å². The maximum atomic E-state index is 13.8. The summed E-state index contributed by atoms with van der Waals surface area (Å²) < 4.78 is 53.5. The first-order valence-electron chi connectivity index (χ1n) is 10.7. The van der Waals surface area contributed by atoms with Crippen LogP contribution in [0, 0.1) is 0 Å². The van der Waals surface area contributed by atoms with Gasteiger partial charge in [-0.15, -0.1) is 23.7 Å². The predicted octanol–water partition coefficient (Wildman–Crippen LogP) is 3.58. The number of sulfone groups is 1. The van der Waals surface area contributed by atoms with Gasteiger partial charge in [0.1, 0.15) is 15.8 Å². The number of thiophene rings is 1. The molecule has 0 N–H and O–H groups in total. The number of anilines is 1. The molecule has 3 aromatic rings. The highest BCUT2D eigenvalue weighted by Crippen LogP contribution is 2.36. The van der Waals surface area contributed by atoms with Crippen LogP contribution in [0.1, 0.15) is 12.8 Å². The second kappa shape index (κ2) is 11.2. The third-order valence-corrected chi connectivity index (χ3v) is 11.4. The minimum atomic E-state index is -3.90. The SMILES string of the molecule is CN(C)CCN(C(=O)C1CCCN1S(=O)(=O)c1ccc(Cl)s1)c1nc2c(S(C)(=O)=O)cccc2s1.Cl. The highest BCUT2D eigenvalue weighted by Gasteiger charge is 2.42. The number of carbonyl (C=O) groups excluding carboxylic acids is 1. The average Bonchev–Trinajstić information content (AvgIpc) is 3.51. The number of thiazole rings is 1. The Kier molecular flexibility index (Phi) is 9.09. The molecule has 0 radical (unpaired) electrons. The third-order valence-electron chi connectivity index (χ3n) is 5.64. The van der Waals surface area contributed by atoms with Crippen molar-refractivity contribution in [1.82, 2.24) is 14.2 Å². The van der Waals surface area contributed by atoms with Crippen LogP contribution in [-0.4, -0.2) is 83.0 Å². The maximum Gasteiger partial charge on any atom is 0.253 e. The summed E-state index contributed by atoms with van der Waals surface area (Å²) in [5.74, 6) is -0.379. The van der Waals surface area contributed by atoms with Crippen LogP contribution in [0.3, 0.4) is 0 Å². The second-order valence-electron chi connectivity index (χ2n) is 8.50. The Bertz CT molecular complexity index is 1470. The molecule has 15 heteroatoms. The number of halogens is 2. The molecule has 36 heavy (non-hydrogen) atoms. The number of carbonyl (C=O) groups is 1. The summed E-state index contributed by atoms with van der Waals surface area (Å²) in [6, 6.07) is 6.98. The normalized spacial score (nSPS) is 17.0. The van der Waals surface area contributed by atoms with E-state index in [9.17, 15) is 21.6 Å². The summed E-state index contributed by atoms with van der Waals surface area (Å²) in [5.41, 5.74) is 0.307. The van der Waals surface area contributed by atoms with Crippen molar-refractivity contribution in [2.24, 2.45) is 0 Å². The number of aromatic nitrogens is 1. The van der Waals surface area contributed by atoms with Crippen molar-refractivity contribution in [2.45, 2.75) is 28.0 Å². The zero-order valence-electron chi connectivity index (χ0n) is 19.7. The van der Waals surface area contributed by atoms with E-state index in [1.807, 2.05) is 19.0 Å². The summed E-state index contributed by atoms with van der Waals surface area (Å²) in [5, 5.41) is 0.339. The number of sulfonamides is 1. The van der Waals surface area contributed by atoms with Crippen LogP contribution in [0.15, 0.2) is 39.4 Å². The number of hydrogen-bond acceptors (Lipinski definition) is 9. The molecular weight excluding hydrogens is 587 g/mol. The Morgan fingerprint density at radius 1 is 1.14 bits per heavy atom. The van der Waals surface area contributed by atoms with Crippen LogP contribution in [0.25, 0.3) is 10.2 Å². The van der Waals surface area contributed by atoms with E-state index in [4.69, 9.17) is 11.6 Å². The van der Waals surface area contributed by atoms with Crippen LogP contribution in [-0.2, 0) is 24.7 Å². The molecule has 1 aliphatic heterocycles. The molecule has 0 bridgehead atoms. The van der Waals surface area contributed by atoms with E-state index in [0.717, 1.165) is 17.6 Å². The molecule has 0 spiro atoms. The quantitative estimate of drug-likeness (QED) is 0.382. The summed E-state index contributed by atoms with van der Waals surface area (Å²) in [7, 11) is -3.68. The molecule has 1 aliphatic rings. The fourth-order valence-corrected chi connectivity index (χ4v) is 9.12. The molecule has 1 atom stereocenters. The van der Waals surface area contributed by atoms with Gasteiger partial charge in [-0.25, -0.2) is 21.8 Å². The van der Waals surface area contributed by atoms with Crippen molar-refractivity contribution in [1.29, 1.82) is 0 Å². The number of rotatable bonds is 8. The molecule has 0 saturated carbocycles. The van der Waals surface area contributed by atoms with Crippen LogP contribution in [0.2, 0.25) is 4.34 Å². The van der Waals surface area contributed by atoms with Gasteiger partial charge in [0, 0.05) is 25.9 Å². The molecule has 4 rings (SSSR count). The number of benzene rings is 1. The van der Waals surface area contributed by atoms with E-state index >= 15 is 0 Å². The van der Waals surface area contributed by atoms with E-state index < -0.39 is 25.9 Å². The number of nitrogens with zero attached hydrogens (tertiary/aromatic N) is 4. The summed E-state index contributed by atoms with van der Waals surface area (Å²) >= 11 is 8.13. The zero-order chi connectivity index (χ0) is 25.5. The van der Waals surface area contributed by atoms with Gasteiger partial charge < -0.3 is 4.90 Å². The van der Waals surface area contributed by atoms with E-state index in [1.165, 1.54) is 38.7 Å². The Balaban J connectivity index is 0.00000361. The van der Waals surface area contributed by atoms with Crippen molar-refractivity contribution < 1.29 is 21.6 Å². The van der Waals surface area contributed by atoms with Crippen LogP contribution < -0.4 is 4.90 Å². The molecule has 1 amide bonds. The van der Waals surface area contributed by atoms with Gasteiger partial charge in [-0.05, 0) is 51.2 Å². The molecule has 1 aromatic carbocycles. The van der Waals surface area contributed by atoms with Crippen LogP contribution in [0.5, 0.6) is 0 Å². The van der Waals surface area contributed by atoms with Gasteiger partial charge >= 0.3 is 0 Å². The minimum absolute atomic E-state index is 0. The molecule has 3 heterocycles. The Morgan fingerprint density at radius 2 is 1.86 bits per heavy atom. The van der Waals surface area contributed by atoms with Gasteiger partial charge in [0.05, 0.1) is 13.9 Å². The summed E-state index contributed by atoms with van der Waals surface area (Å²) in [6.07, 6.45) is 2.05. The first-order valence-corrected chi connectivity index (χ1v) is 16.1. The summed E-state index contributed by atoms with van der Waals surface area (Å²) in [6.45, 7) is 1.02. The largest absolute Gasteiger partial charge is 0.308 e. The lowest BCUT2D eigenvalue weighted by molar-refractivity contribution is -0.121. The third kappa shape index (κ3) is 5.88. The lowest BCUT2D eigenvalue weighted by Gasteiger charge is -2.29. The Morgan fingerprint density at radius 3 is 2.47 bits per heavy atom. The van der Waals surface area contributed by atoms with Crippen LogP contribution in [0.4, 0.5) is 5.13 Å². The van der Waals surface area contributed by atoms with Gasteiger partial charge in [0.15, 0.2) is 15.0 Å². The molecule has 2 aromatic heterocycles. The van der Waals surface area contributed by atoms with Gasteiger partial charge in [-0.1, -0.05) is 29.0 Å². The molecule has 9 nitrogen and oxygen atoms in total. The molecule has 1 unspecified atom stereocenters. The summed E-state index contributed by atoms with van der Waals surface area (Å²) in [4.78, 5) is 21.9. The molecule has 198 valence electrons. The minimum Gasteiger partial charge on any atom is -0.308 e. The average molecular weight is 614 g/mol. The standard InChI is InChI=1S/C21H25ClN4O5S4.ClH/c1-24(2)12-13-25(21-23-19-15(32-21)7-4-8-16(19)34(3,28)29)20(27)14-6-5-11-26(14)35(30,31)18-10-9-17(22)33-18;/h4,7-10,14H,5-6,11-13H2,1-3H3;1H. The van der Waals surface area contributed by atoms with E-state index in [1.54, 1.807) is 12.1 Å². The molecule has 1 fully saturated rings. The highest BCUT2D eigenvalue weighted by molar-refractivity contribution is 7.91. The smallest absolute Gasteiger partial charge is 0.253 e. The molecule has 0 aliphatic carbocycles. The number of hydrogen-bond donors (Lipinski definition) is 0. The number of likely N-dealkylation sites (N-methyl/N-ethyl adjacent to an activating group) is 1. The number of para-hydroxylation sites is 1. The Hall–Kier alpha value is -1.32. The lowest BCUT2D eigenvalue weighted by Crippen LogP contribution is -2.49. The van der Waals surface area contributed by atoms with Crippen LogP contribution >= 0.6 is 46.7 Å². The fraction of sp³-hybridized carbons (Fsp3) is 0.429. The van der Waals surface area contributed by atoms with E-state index in [0.29, 0.717) is 39.1 Å². The monoisotopic (exact) mass is 612 g/mol. The zero-order valence-corrected chi connectivity index (χ0v) is 24.6. The highest BCUT2D eigenvalue weighted by atomic mass is 35.5. The first-order chi connectivity index (χ1) is 16.4. The van der Waals surface area contributed by atoms with Crippen molar-refractivity contribution in [2.75, 3.05) is 44.9 Å². The second-order valence-corrected chi connectivity index (χ2v) is 15.3. The lowest BCUT2D eigenvalue weighted by atomic mass is 10.2. The van der Waals surface area contributed by atoms with Gasteiger partial charge in [-0.3, -0.25) is 9.69 Å². The number of fused-ring (bicyclic) bond motifs is 1. The van der Waals surface area contributed by atoms with Gasteiger partial charge in [0.2, 0.25) is 5.91 Å². The van der Waals surface area contributed by atoms with Gasteiger partial charge in [-0.2, -0.15) is 4.31 Å². The molecular formula is C21H26Cl2N4O5S4. The Labute approximate surface area is 230 Å². The van der Waals surface area contributed by atoms with Gasteiger partial charge in [0.25, 0.3) is 10.0 Å². The van der Waals surface area contributed by atoms with Crippen molar-refractivity contribution >= 4 is 87.8 Å². The number of amides is 1. The predicted molar refractivity (Wildman–Crippen MR) is 147 cm³/mol. The van der Waals surface area contributed by atoms with E-state index in [2.05, 4.69) is 4.98 Å². The fourth-order valence-electron chi connectivity index (χ4n) is 3.93. The molecule has 1 saturated heterocycles. The topological polar surface area (TPSA) is 108 Å². The van der Waals surface area contributed by atoms with Crippen molar-refractivity contribution in [3.8, 4) is 0 Å². The first kappa shape index (κ1) is 29.2. The van der Waals surface area contributed by atoms with Crippen molar-refractivity contribution in [3.05, 3.63) is 34.7 Å².